The quantitative estimate of drug-likeness (QED) is 0.0636. The number of carboxylic acid groups (broad SMARTS) is 1. The highest BCUT2D eigenvalue weighted by Crippen LogP contribution is 2.10. The highest BCUT2D eigenvalue weighted by molar-refractivity contribution is 5.93. The van der Waals surface area contributed by atoms with Crippen LogP contribution in [0.15, 0.2) is 29.3 Å². The van der Waals surface area contributed by atoms with Crippen LogP contribution in [0, 0.1) is 0 Å². The molecule has 1 aromatic carbocycles. The van der Waals surface area contributed by atoms with Gasteiger partial charge in [-0.3, -0.25) is 24.2 Å². The first-order valence-electron chi connectivity index (χ1n) is 10.9. The summed E-state index contributed by atoms with van der Waals surface area (Å²) in [5.74, 6) is -4.78. The number of primary amides is 1. The molecule has 4 amide bonds. The van der Waals surface area contributed by atoms with E-state index < -0.39 is 60.7 Å². The third-order valence-corrected chi connectivity index (χ3v) is 4.77. The molecule has 36 heavy (non-hydrogen) atoms. The normalized spacial score (nSPS) is 12.9. The highest BCUT2D eigenvalue weighted by Gasteiger charge is 2.27. The van der Waals surface area contributed by atoms with Crippen LogP contribution in [0.1, 0.15) is 24.8 Å². The standard InChI is InChI=1S/C21H32N8O7/c22-13(8-11-3-5-12(30)6-4-11)18(33)27-10-17(32)28-14(2-1-7-26-21(24)25)19(34)29-15(20(35)36)9-16(23)31/h3-6,13-15,30H,1-2,7-10,22H2,(H2,23,31)(H,27,33)(H,28,32)(H,29,34)(H,35,36)(H4,24,25,26). The zero-order valence-electron chi connectivity index (χ0n) is 19.5. The van der Waals surface area contributed by atoms with Crippen LogP contribution in [0.5, 0.6) is 5.75 Å². The van der Waals surface area contributed by atoms with Crippen molar-refractivity contribution in [3.8, 4) is 5.75 Å². The molecule has 0 bridgehead atoms. The summed E-state index contributed by atoms with van der Waals surface area (Å²) in [5, 5.41) is 25.4. The van der Waals surface area contributed by atoms with Gasteiger partial charge in [0.25, 0.3) is 0 Å². The van der Waals surface area contributed by atoms with Gasteiger partial charge >= 0.3 is 5.97 Å². The van der Waals surface area contributed by atoms with Crippen molar-refractivity contribution in [1.29, 1.82) is 0 Å². The van der Waals surface area contributed by atoms with E-state index in [0.717, 1.165) is 0 Å². The Balaban J connectivity index is 2.72. The van der Waals surface area contributed by atoms with Gasteiger partial charge in [0.1, 0.15) is 17.8 Å². The van der Waals surface area contributed by atoms with Crippen molar-refractivity contribution in [3.63, 3.8) is 0 Å². The number of phenolic OH excluding ortho intramolecular Hbond substituents is 1. The fourth-order valence-electron chi connectivity index (χ4n) is 2.97. The number of hydrogen-bond donors (Lipinski definition) is 9. The van der Waals surface area contributed by atoms with Gasteiger partial charge in [-0.05, 0) is 37.0 Å². The molecule has 0 fully saturated rings. The van der Waals surface area contributed by atoms with Crippen molar-refractivity contribution in [1.82, 2.24) is 16.0 Å². The van der Waals surface area contributed by atoms with Crippen LogP contribution < -0.4 is 38.9 Å². The van der Waals surface area contributed by atoms with Gasteiger partial charge in [-0.15, -0.1) is 0 Å². The molecule has 0 spiro atoms. The third kappa shape index (κ3) is 11.6. The molecule has 1 aromatic rings. The molecular weight excluding hydrogens is 476 g/mol. The van der Waals surface area contributed by atoms with Crippen molar-refractivity contribution >= 4 is 35.6 Å². The largest absolute Gasteiger partial charge is 0.508 e. The van der Waals surface area contributed by atoms with Crippen LogP contribution in [0.2, 0.25) is 0 Å². The van der Waals surface area contributed by atoms with E-state index in [9.17, 15) is 34.2 Å². The number of carboxylic acids is 1. The van der Waals surface area contributed by atoms with E-state index in [1.165, 1.54) is 12.1 Å². The maximum atomic E-state index is 12.6. The van der Waals surface area contributed by atoms with Gasteiger partial charge in [0, 0.05) is 6.54 Å². The molecule has 198 valence electrons. The molecule has 0 aromatic heterocycles. The Kier molecular flexibility index (Phi) is 12.2. The van der Waals surface area contributed by atoms with E-state index in [1.807, 2.05) is 0 Å². The average Bonchev–Trinajstić information content (AvgIpc) is 2.79. The minimum absolute atomic E-state index is 0.0194. The highest BCUT2D eigenvalue weighted by atomic mass is 16.4. The Bertz CT molecular complexity index is 964. The first-order chi connectivity index (χ1) is 16.9. The van der Waals surface area contributed by atoms with E-state index in [4.69, 9.17) is 22.9 Å². The number of carbonyl (C=O) groups excluding carboxylic acids is 4. The second-order valence-corrected chi connectivity index (χ2v) is 7.83. The molecule has 0 aliphatic heterocycles. The summed E-state index contributed by atoms with van der Waals surface area (Å²) in [6, 6.07) is 2.31. The first-order valence-corrected chi connectivity index (χ1v) is 10.9. The molecule has 15 nitrogen and oxygen atoms in total. The van der Waals surface area contributed by atoms with Crippen LogP contribution in [-0.2, 0) is 30.4 Å². The van der Waals surface area contributed by atoms with Gasteiger partial charge in [0.05, 0.1) is 19.0 Å². The van der Waals surface area contributed by atoms with Gasteiger partial charge in [0.15, 0.2) is 5.96 Å². The maximum absolute atomic E-state index is 12.6. The van der Waals surface area contributed by atoms with Crippen LogP contribution in [-0.4, -0.2) is 77.0 Å². The number of carbonyl (C=O) groups is 5. The number of nitrogens with two attached hydrogens (primary N) is 4. The van der Waals surface area contributed by atoms with Crippen LogP contribution >= 0.6 is 0 Å². The zero-order chi connectivity index (χ0) is 27.3. The second kappa shape index (κ2) is 14.8. The second-order valence-electron chi connectivity index (χ2n) is 7.83. The van der Waals surface area contributed by atoms with Crippen molar-refractivity contribution in [2.75, 3.05) is 13.1 Å². The molecule has 1 rings (SSSR count). The lowest BCUT2D eigenvalue weighted by Gasteiger charge is -2.21. The SMILES string of the molecule is NC(=O)CC(NC(=O)C(CCCN=C(N)N)NC(=O)CNC(=O)C(N)Cc1ccc(O)cc1)C(=O)O. The number of rotatable bonds is 15. The summed E-state index contributed by atoms with van der Waals surface area (Å²) in [6.07, 6.45) is -0.232. The Morgan fingerprint density at radius 2 is 1.58 bits per heavy atom. The van der Waals surface area contributed by atoms with E-state index in [1.54, 1.807) is 12.1 Å². The topological polar surface area (TPSA) is 278 Å². The number of guanidine groups is 1. The molecule has 0 saturated heterocycles. The molecule has 0 radical (unpaired) electrons. The van der Waals surface area contributed by atoms with Gasteiger partial charge in [0.2, 0.25) is 23.6 Å². The van der Waals surface area contributed by atoms with Gasteiger partial charge in [-0.25, -0.2) is 4.79 Å². The molecule has 0 heterocycles. The maximum Gasteiger partial charge on any atom is 0.326 e. The molecule has 3 atom stereocenters. The minimum Gasteiger partial charge on any atom is -0.508 e. The molecule has 0 saturated carbocycles. The number of benzene rings is 1. The fraction of sp³-hybridized carbons (Fsp3) is 0.429. The number of hydrogen-bond acceptors (Lipinski definition) is 8. The number of amides is 4. The van der Waals surface area contributed by atoms with Gasteiger partial charge in [-0.2, -0.15) is 0 Å². The lowest BCUT2D eigenvalue weighted by molar-refractivity contribution is -0.143. The van der Waals surface area contributed by atoms with Gasteiger partial charge < -0.3 is 49.1 Å². The summed E-state index contributed by atoms with van der Waals surface area (Å²) >= 11 is 0. The predicted octanol–water partition coefficient (Wildman–Crippen LogP) is -3.64. The van der Waals surface area contributed by atoms with Crippen LogP contribution in [0.4, 0.5) is 0 Å². The number of aliphatic carboxylic acids is 1. The smallest absolute Gasteiger partial charge is 0.326 e. The summed E-state index contributed by atoms with van der Waals surface area (Å²) in [5.41, 5.74) is 22.1. The van der Waals surface area contributed by atoms with Crippen molar-refractivity contribution in [2.24, 2.45) is 27.9 Å². The average molecular weight is 509 g/mol. The third-order valence-electron chi connectivity index (χ3n) is 4.77. The number of nitrogens with one attached hydrogen (secondary N) is 3. The van der Waals surface area contributed by atoms with E-state index in [2.05, 4.69) is 20.9 Å². The minimum atomic E-state index is -1.59. The van der Waals surface area contributed by atoms with Crippen molar-refractivity contribution in [3.05, 3.63) is 29.8 Å². The first kappa shape index (κ1) is 29.6. The van der Waals surface area contributed by atoms with E-state index in [-0.39, 0.29) is 37.5 Å². The molecule has 0 aliphatic rings. The Morgan fingerprint density at radius 1 is 0.944 bits per heavy atom. The van der Waals surface area contributed by atoms with Crippen molar-refractivity contribution in [2.45, 2.75) is 43.8 Å². The Labute approximate surface area is 206 Å². The van der Waals surface area contributed by atoms with E-state index in [0.29, 0.717) is 5.56 Å². The summed E-state index contributed by atoms with van der Waals surface area (Å²) in [6.45, 7) is -0.377. The summed E-state index contributed by atoms with van der Waals surface area (Å²) in [7, 11) is 0. The lowest BCUT2D eigenvalue weighted by atomic mass is 10.1. The number of aliphatic imine (C=N–C) groups is 1. The molecule has 3 unspecified atom stereocenters. The van der Waals surface area contributed by atoms with E-state index >= 15 is 0 Å². The molecule has 15 heteroatoms. The molecule has 13 N–H and O–H groups in total. The van der Waals surface area contributed by atoms with Crippen LogP contribution in [0.25, 0.3) is 0 Å². The van der Waals surface area contributed by atoms with Gasteiger partial charge in [-0.1, -0.05) is 12.1 Å². The Hall–Kier alpha value is -4.40. The zero-order valence-corrected chi connectivity index (χ0v) is 19.5. The molecule has 0 aliphatic carbocycles. The number of phenols is 1. The van der Waals surface area contributed by atoms with Crippen molar-refractivity contribution < 1.29 is 34.2 Å². The molecular formula is C21H32N8O7. The lowest BCUT2D eigenvalue weighted by Crippen LogP contribution is -2.54. The fourth-order valence-corrected chi connectivity index (χ4v) is 2.97. The summed E-state index contributed by atoms with van der Waals surface area (Å²) in [4.78, 5) is 63.4. The van der Waals surface area contributed by atoms with Crippen LogP contribution in [0.3, 0.4) is 0 Å². The number of nitrogens with zero attached hydrogens (tertiary/aromatic N) is 1. The monoisotopic (exact) mass is 508 g/mol. The Morgan fingerprint density at radius 3 is 2.14 bits per heavy atom. The summed E-state index contributed by atoms with van der Waals surface area (Å²) < 4.78 is 0. The number of aromatic hydroxyl groups is 1. The predicted molar refractivity (Wildman–Crippen MR) is 128 cm³/mol.